The van der Waals surface area contributed by atoms with E-state index in [1.807, 2.05) is 61.5 Å². The molecule has 0 spiro atoms. The van der Waals surface area contributed by atoms with Gasteiger partial charge in [-0.25, -0.2) is 0 Å². The molecule has 7 nitrogen and oxygen atoms in total. The van der Waals surface area contributed by atoms with E-state index in [1.54, 1.807) is 11.0 Å². The minimum absolute atomic E-state index is 0.0670. The standard InChI is InChI=1S/C22H21N5O2/c1-15-12-27(14-23)13-20(15)24-22(28)19-11-18(25-26-19)17-9-5-6-10-21(17)29-16-7-3-2-4-8-16/h2-11,15,20H,12-13H2,1H3,(H,24,28)(H,25,26)/t15-,20+/m1/s1. The molecule has 1 aliphatic heterocycles. The van der Waals surface area contributed by atoms with Gasteiger partial charge in [-0.15, -0.1) is 0 Å². The third kappa shape index (κ3) is 4.06. The first kappa shape index (κ1) is 18.6. The third-order valence-electron chi connectivity index (χ3n) is 5.03. The smallest absolute Gasteiger partial charge is 0.269 e. The lowest BCUT2D eigenvalue weighted by atomic mass is 10.1. The van der Waals surface area contributed by atoms with Gasteiger partial charge in [0.15, 0.2) is 6.19 Å². The SMILES string of the molecule is C[C@@H]1CN(C#N)C[C@@H]1NC(=O)c1cc(-c2ccccc2Oc2ccccc2)n[nH]1. The van der Waals surface area contributed by atoms with Crippen molar-refractivity contribution >= 4 is 5.91 Å². The number of nitriles is 1. The highest BCUT2D eigenvalue weighted by atomic mass is 16.5. The summed E-state index contributed by atoms with van der Waals surface area (Å²) in [5, 5.41) is 19.2. The third-order valence-corrected chi connectivity index (χ3v) is 5.03. The van der Waals surface area contributed by atoms with Crippen LogP contribution < -0.4 is 10.1 Å². The molecule has 1 aromatic heterocycles. The monoisotopic (exact) mass is 387 g/mol. The predicted molar refractivity (Wildman–Crippen MR) is 108 cm³/mol. The second-order valence-electron chi connectivity index (χ2n) is 7.14. The summed E-state index contributed by atoms with van der Waals surface area (Å²) < 4.78 is 5.99. The van der Waals surface area contributed by atoms with Crippen LogP contribution in [0.15, 0.2) is 60.7 Å². The van der Waals surface area contributed by atoms with Crippen LogP contribution in [-0.4, -0.2) is 40.1 Å². The number of likely N-dealkylation sites (tertiary alicyclic amines) is 1. The molecule has 2 aromatic carbocycles. The molecular weight excluding hydrogens is 366 g/mol. The lowest BCUT2D eigenvalue weighted by Gasteiger charge is -2.14. The highest BCUT2D eigenvalue weighted by Gasteiger charge is 2.30. The molecule has 4 rings (SSSR count). The summed E-state index contributed by atoms with van der Waals surface area (Å²) in [6.07, 6.45) is 2.14. The molecule has 2 N–H and O–H groups in total. The summed E-state index contributed by atoms with van der Waals surface area (Å²) in [6.45, 7) is 3.20. The van der Waals surface area contributed by atoms with Crippen LogP contribution in [0.2, 0.25) is 0 Å². The van der Waals surface area contributed by atoms with E-state index in [1.165, 1.54) is 0 Å². The van der Waals surface area contributed by atoms with Crippen molar-refractivity contribution in [1.82, 2.24) is 20.4 Å². The van der Waals surface area contributed by atoms with Gasteiger partial charge in [-0.1, -0.05) is 37.3 Å². The zero-order valence-electron chi connectivity index (χ0n) is 16.0. The van der Waals surface area contributed by atoms with Crippen molar-refractivity contribution in [2.45, 2.75) is 13.0 Å². The molecule has 1 fully saturated rings. The molecule has 2 heterocycles. The molecule has 0 unspecified atom stereocenters. The van der Waals surface area contributed by atoms with Crippen LogP contribution in [0.1, 0.15) is 17.4 Å². The summed E-state index contributed by atoms with van der Waals surface area (Å²) in [7, 11) is 0. The highest BCUT2D eigenvalue weighted by molar-refractivity contribution is 5.93. The fraction of sp³-hybridized carbons (Fsp3) is 0.227. The topological polar surface area (TPSA) is 94.0 Å². The Kier molecular flexibility index (Phi) is 5.16. The quantitative estimate of drug-likeness (QED) is 0.655. The number of rotatable bonds is 5. The van der Waals surface area contributed by atoms with Gasteiger partial charge in [-0.2, -0.15) is 10.4 Å². The van der Waals surface area contributed by atoms with E-state index in [4.69, 9.17) is 10.00 Å². The van der Waals surface area contributed by atoms with Crippen LogP contribution in [0.3, 0.4) is 0 Å². The van der Waals surface area contributed by atoms with Crippen molar-refractivity contribution in [2.75, 3.05) is 13.1 Å². The fourth-order valence-electron chi connectivity index (χ4n) is 3.44. The number of carbonyl (C=O) groups is 1. The number of nitrogens with one attached hydrogen (secondary N) is 2. The Morgan fingerprint density at radius 3 is 2.72 bits per heavy atom. The molecule has 146 valence electrons. The maximum atomic E-state index is 12.6. The minimum Gasteiger partial charge on any atom is -0.457 e. The molecule has 29 heavy (non-hydrogen) atoms. The number of nitrogens with zero attached hydrogens (tertiary/aromatic N) is 3. The minimum atomic E-state index is -0.234. The Balaban J connectivity index is 1.51. The van der Waals surface area contributed by atoms with Crippen molar-refractivity contribution < 1.29 is 9.53 Å². The van der Waals surface area contributed by atoms with Crippen molar-refractivity contribution in [2.24, 2.45) is 5.92 Å². The maximum absolute atomic E-state index is 12.6. The molecule has 7 heteroatoms. The van der Waals surface area contributed by atoms with E-state index in [0.717, 1.165) is 11.3 Å². The Bertz CT molecular complexity index is 1040. The van der Waals surface area contributed by atoms with Crippen LogP contribution in [0.4, 0.5) is 0 Å². The van der Waals surface area contributed by atoms with E-state index in [-0.39, 0.29) is 17.9 Å². The summed E-state index contributed by atoms with van der Waals surface area (Å²) >= 11 is 0. The van der Waals surface area contributed by atoms with E-state index in [2.05, 4.69) is 21.7 Å². The average Bonchev–Trinajstić information content (AvgIpc) is 3.36. The number of hydrogen-bond donors (Lipinski definition) is 2. The first-order chi connectivity index (χ1) is 14.1. The largest absolute Gasteiger partial charge is 0.457 e. The van der Waals surface area contributed by atoms with Gasteiger partial charge in [0.2, 0.25) is 0 Å². The van der Waals surface area contributed by atoms with Crippen molar-refractivity contribution in [1.29, 1.82) is 5.26 Å². The van der Waals surface area contributed by atoms with Gasteiger partial charge >= 0.3 is 0 Å². The number of ether oxygens (including phenoxy) is 1. The van der Waals surface area contributed by atoms with E-state index < -0.39 is 0 Å². The lowest BCUT2D eigenvalue weighted by molar-refractivity contribution is 0.0927. The Labute approximate surface area is 168 Å². The fourth-order valence-corrected chi connectivity index (χ4v) is 3.44. The van der Waals surface area contributed by atoms with Gasteiger partial charge in [-0.05, 0) is 36.2 Å². The number of amides is 1. The molecule has 0 saturated carbocycles. The molecule has 0 radical (unpaired) electrons. The van der Waals surface area contributed by atoms with Crippen molar-refractivity contribution in [3.8, 4) is 28.9 Å². The molecule has 2 atom stereocenters. The van der Waals surface area contributed by atoms with Gasteiger partial charge in [0.1, 0.15) is 17.2 Å². The second-order valence-corrected chi connectivity index (χ2v) is 7.14. The summed E-state index contributed by atoms with van der Waals surface area (Å²) in [4.78, 5) is 14.3. The number of aromatic nitrogens is 2. The zero-order valence-corrected chi connectivity index (χ0v) is 16.0. The summed E-state index contributed by atoms with van der Waals surface area (Å²) in [5.41, 5.74) is 1.79. The highest BCUT2D eigenvalue weighted by Crippen LogP contribution is 2.32. The van der Waals surface area contributed by atoms with Gasteiger partial charge < -0.3 is 15.0 Å². The number of aromatic amines is 1. The average molecular weight is 387 g/mol. The number of para-hydroxylation sites is 2. The van der Waals surface area contributed by atoms with Crippen LogP contribution in [-0.2, 0) is 0 Å². The molecule has 1 saturated heterocycles. The van der Waals surface area contributed by atoms with Gasteiger partial charge in [0.25, 0.3) is 5.91 Å². The van der Waals surface area contributed by atoms with Crippen LogP contribution >= 0.6 is 0 Å². The van der Waals surface area contributed by atoms with Crippen molar-refractivity contribution in [3.05, 3.63) is 66.4 Å². The van der Waals surface area contributed by atoms with Crippen LogP contribution in [0, 0.1) is 17.4 Å². The molecule has 3 aromatic rings. The number of carbonyl (C=O) groups excluding carboxylic acids is 1. The van der Waals surface area contributed by atoms with Crippen molar-refractivity contribution in [3.63, 3.8) is 0 Å². The first-order valence-corrected chi connectivity index (χ1v) is 9.47. The van der Waals surface area contributed by atoms with Gasteiger partial charge in [-0.3, -0.25) is 9.89 Å². The summed E-state index contributed by atoms with van der Waals surface area (Å²) in [6, 6.07) is 18.7. The molecular formula is C22H21N5O2. The van der Waals surface area contributed by atoms with Crippen LogP contribution in [0.5, 0.6) is 11.5 Å². The van der Waals surface area contributed by atoms with E-state index >= 15 is 0 Å². The van der Waals surface area contributed by atoms with Crippen LogP contribution in [0.25, 0.3) is 11.3 Å². The summed E-state index contributed by atoms with van der Waals surface area (Å²) in [5.74, 6) is 1.36. The Morgan fingerprint density at radius 2 is 1.97 bits per heavy atom. The lowest BCUT2D eigenvalue weighted by Crippen LogP contribution is -2.39. The molecule has 0 aliphatic carbocycles. The first-order valence-electron chi connectivity index (χ1n) is 9.47. The van der Waals surface area contributed by atoms with Gasteiger partial charge in [0, 0.05) is 18.7 Å². The number of benzene rings is 2. The second kappa shape index (κ2) is 8.07. The molecule has 1 amide bonds. The van der Waals surface area contributed by atoms with E-state index in [0.29, 0.717) is 30.2 Å². The molecule has 0 bridgehead atoms. The normalized spacial score (nSPS) is 18.3. The van der Waals surface area contributed by atoms with E-state index in [9.17, 15) is 4.79 Å². The predicted octanol–water partition coefficient (Wildman–Crippen LogP) is 3.40. The number of H-pyrrole nitrogens is 1. The number of hydrogen-bond acceptors (Lipinski definition) is 5. The Hall–Kier alpha value is -3.79. The molecule has 1 aliphatic rings. The Morgan fingerprint density at radius 1 is 1.21 bits per heavy atom. The van der Waals surface area contributed by atoms with Gasteiger partial charge in [0.05, 0.1) is 11.7 Å². The zero-order chi connectivity index (χ0) is 20.2. The maximum Gasteiger partial charge on any atom is 0.269 e.